The molecule has 0 aliphatic heterocycles. The first kappa shape index (κ1) is 35.4. The van der Waals surface area contributed by atoms with Crippen molar-refractivity contribution in [2.45, 2.75) is 121 Å². The molecule has 0 radical (unpaired) electrons. The maximum Gasteiger partial charge on any atom is 0.00303 e. The van der Waals surface area contributed by atoms with Crippen LogP contribution in [-0.4, -0.2) is 0 Å². The SMILES string of the molecule is C=C[C@@](C)(/C=C/[C@H](C)CC[C@@H](C)C(=C)CC[C@@H](C)/C(=C\C)C(C)C)CC[C@@H](C)C(=C)CC[C@@H](C)C(=C)C. The summed E-state index contributed by atoms with van der Waals surface area (Å²) in [5.74, 6) is 3.55. The molecule has 0 nitrogen and oxygen atoms in total. The van der Waals surface area contributed by atoms with Gasteiger partial charge in [-0.1, -0.05) is 122 Å². The Balaban J connectivity index is 4.64. The molecule has 0 unspecified atom stereocenters. The van der Waals surface area contributed by atoms with Crippen molar-refractivity contribution in [3.8, 4) is 0 Å². The van der Waals surface area contributed by atoms with Crippen LogP contribution in [0.15, 0.2) is 72.9 Å². The normalized spacial score (nSPS) is 18.2. The lowest BCUT2D eigenvalue weighted by molar-refractivity contribution is 0.423. The van der Waals surface area contributed by atoms with Crippen molar-refractivity contribution >= 4 is 0 Å². The molecule has 0 aromatic rings. The second kappa shape index (κ2) is 17.9. The van der Waals surface area contributed by atoms with Gasteiger partial charge in [-0.3, -0.25) is 0 Å². The zero-order chi connectivity index (χ0) is 28.8. The molecule has 6 atom stereocenters. The molecule has 37 heavy (non-hydrogen) atoms. The molecule has 0 N–H and O–H groups in total. The third-order valence-corrected chi connectivity index (χ3v) is 9.04. The Morgan fingerprint density at radius 2 is 1.24 bits per heavy atom. The summed E-state index contributed by atoms with van der Waals surface area (Å²) in [4.78, 5) is 0. The number of allylic oxidation sites excluding steroid dienone is 8. The Labute approximate surface area is 234 Å². The van der Waals surface area contributed by atoms with E-state index in [2.05, 4.69) is 120 Å². The highest BCUT2D eigenvalue weighted by Gasteiger charge is 2.20. The Bertz CT molecular complexity index is 772. The lowest BCUT2D eigenvalue weighted by Crippen LogP contribution is -2.13. The minimum absolute atomic E-state index is 0.0417. The van der Waals surface area contributed by atoms with Gasteiger partial charge in [0.15, 0.2) is 0 Å². The van der Waals surface area contributed by atoms with Gasteiger partial charge in [-0.25, -0.2) is 0 Å². The Kier molecular flexibility index (Phi) is 17.1. The lowest BCUT2D eigenvalue weighted by Gasteiger charge is -2.26. The second-order valence-corrected chi connectivity index (χ2v) is 13.0. The fraction of sp³-hybridized carbons (Fsp3) is 0.676. The van der Waals surface area contributed by atoms with E-state index in [1.165, 1.54) is 36.0 Å². The van der Waals surface area contributed by atoms with Gasteiger partial charge in [0, 0.05) is 5.41 Å². The third kappa shape index (κ3) is 14.2. The van der Waals surface area contributed by atoms with E-state index in [1.54, 1.807) is 5.57 Å². The molecular formula is C37H64. The first-order valence-corrected chi connectivity index (χ1v) is 15.2. The first-order valence-electron chi connectivity index (χ1n) is 15.2. The summed E-state index contributed by atoms with van der Waals surface area (Å²) in [6.07, 6.45) is 18.6. The van der Waals surface area contributed by atoms with E-state index < -0.39 is 0 Å². The summed E-state index contributed by atoms with van der Waals surface area (Å²) < 4.78 is 0. The van der Waals surface area contributed by atoms with E-state index in [1.807, 2.05) is 0 Å². The number of rotatable bonds is 20. The van der Waals surface area contributed by atoms with Crippen LogP contribution in [0.5, 0.6) is 0 Å². The average Bonchev–Trinajstić information content (AvgIpc) is 2.85. The van der Waals surface area contributed by atoms with Gasteiger partial charge < -0.3 is 0 Å². The molecule has 0 rings (SSSR count). The van der Waals surface area contributed by atoms with E-state index >= 15 is 0 Å². The molecule has 0 amide bonds. The van der Waals surface area contributed by atoms with Gasteiger partial charge in [0.05, 0.1) is 0 Å². The fourth-order valence-corrected chi connectivity index (χ4v) is 5.08. The molecule has 0 heterocycles. The zero-order valence-corrected chi connectivity index (χ0v) is 26.8. The smallest absolute Gasteiger partial charge is 0.00303 e. The number of hydrogen-bond donors (Lipinski definition) is 0. The van der Waals surface area contributed by atoms with E-state index in [-0.39, 0.29) is 5.41 Å². The monoisotopic (exact) mass is 509 g/mol. The van der Waals surface area contributed by atoms with Gasteiger partial charge in [-0.2, -0.15) is 0 Å². The van der Waals surface area contributed by atoms with E-state index in [4.69, 9.17) is 0 Å². The summed E-state index contributed by atoms with van der Waals surface area (Å²) in [5, 5.41) is 0. The Morgan fingerprint density at radius 3 is 1.70 bits per heavy atom. The molecule has 0 heteroatoms. The van der Waals surface area contributed by atoms with Crippen LogP contribution in [0.4, 0.5) is 0 Å². The van der Waals surface area contributed by atoms with Gasteiger partial charge in [0.25, 0.3) is 0 Å². The highest BCUT2D eigenvalue weighted by molar-refractivity contribution is 5.11. The standard InChI is InChI=1S/C37H64/c1-15-36(28(5)6)35(13)22-21-32(10)31(9)18-17-29(7)23-25-37(14,16-2)26-24-34(12)33(11)20-19-30(8)27(3)4/h15-16,23,25,28-31,34-35H,2-3,10-11,17-22,24,26H2,1,4-9,12-14H3/b25-23+,36-15-/t29-,30-,31-,34-,35-,37+/m1/s1. The van der Waals surface area contributed by atoms with Crippen LogP contribution in [0.25, 0.3) is 0 Å². The minimum Gasteiger partial charge on any atom is -0.102 e. The van der Waals surface area contributed by atoms with Crippen LogP contribution < -0.4 is 0 Å². The van der Waals surface area contributed by atoms with Gasteiger partial charge in [0.2, 0.25) is 0 Å². The molecule has 212 valence electrons. The van der Waals surface area contributed by atoms with Crippen LogP contribution in [0.2, 0.25) is 0 Å². The molecule has 0 aliphatic carbocycles. The van der Waals surface area contributed by atoms with Crippen molar-refractivity contribution in [3.63, 3.8) is 0 Å². The first-order chi connectivity index (χ1) is 17.2. The van der Waals surface area contributed by atoms with E-state index in [0.29, 0.717) is 35.5 Å². The maximum atomic E-state index is 4.46. The predicted molar refractivity (Wildman–Crippen MR) is 172 cm³/mol. The van der Waals surface area contributed by atoms with Gasteiger partial charge >= 0.3 is 0 Å². The van der Waals surface area contributed by atoms with Crippen molar-refractivity contribution in [3.05, 3.63) is 72.9 Å². The van der Waals surface area contributed by atoms with Crippen LogP contribution in [-0.2, 0) is 0 Å². The van der Waals surface area contributed by atoms with Gasteiger partial charge in [0.1, 0.15) is 0 Å². The highest BCUT2D eigenvalue weighted by atomic mass is 14.2. The lowest BCUT2D eigenvalue weighted by atomic mass is 9.79. The topological polar surface area (TPSA) is 0 Å². The molecule has 0 saturated heterocycles. The van der Waals surface area contributed by atoms with Crippen molar-refractivity contribution in [1.29, 1.82) is 0 Å². The van der Waals surface area contributed by atoms with Crippen molar-refractivity contribution < 1.29 is 0 Å². The van der Waals surface area contributed by atoms with Crippen molar-refractivity contribution in [2.24, 2.45) is 40.9 Å². The molecule has 0 spiro atoms. The van der Waals surface area contributed by atoms with Crippen LogP contribution in [0.1, 0.15) is 121 Å². The molecule has 0 fully saturated rings. The van der Waals surface area contributed by atoms with Gasteiger partial charge in [-0.15, -0.1) is 6.58 Å². The Morgan fingerprint density at radius 1 is 0.730 bits per heavy atom. The van der Waals surface area contributed by atoms with Crippen LogP contribution >= 0.6 is 0 Å². The second-order valence-electron chi connectivity index (χ2n) is 13.0. The molecule has 0 aromatic carbocycles. The summed E-state index contributed by atoms with van der Waals surface area (Å²) in [5.41, 5.74) is 5.70. The number of hydrogen-bond acceptors (Lipinski definition) is 0. The summed E-state index contributed by atoms with van der Waals surface area (Å²) in [6, 6.07) is 0. The summed E-state index contributed by atoms with van der Waals surface area (Å²) >= 11 is 0. The largest absolute Gasteiger partial charge is 0.102 e. The predicted octanol–water partition coefficient (Wildman–Crippen LogP) is 12.3. The summed E-state index contributed by atoms with van der Waals surface area (Å²) in [7, 11) is 0. The highest BCUT2D eigenvalue weighted by Crippen LogP contribution is 2.33. The van der Waals surface area contributed by atoms with Crippen molar-refractivity contribution in [2.75, 3.05) is 0 Å². The van der Waals surface area contributed by atoms with Crippen LogP contribution in [0, 0.1) is 40.9 Å². The van der Waals surface area contributed by atoms with Crippen molar-refractivity contribution in [1.82, 2.24) is 0 Å². The van der Waals surface area contributed by atoms with Crippen LogP contribution in [0.3, 0.4) is 0 Å². The summed E-state index contributed by atoms with van der Waals surface area (Å²) in [6.45, 7) is 40.1. The molecule has 0 aliphatic rings. The van der Waals surface area contributed by atoms with E-state index in [9.17, 15) is 0 Å². The average molecular weight is 509 g/mol. The molecule has 0 saturated carbocycles. The maximum absolute atomic E-state index is 4.46. The minimum atomic E-state index is 0.0417. The molecule has 0 bridgehead atoms. The quantitative estimate of drug-likeness (QED) is 0.143. The third-order valence-electron chi connectivity index (χ3n) is 9.04. The van der Waals surface area contributed by atoms with E-state index in [0.717, 1.165) is 32.1 Å². The molecule has 0 aromatic heterocycles. The van der Waals surface area contributed by atoms with Gasteiger partial charge in [-0.05, 0) is 101 Å². The zero-order valence-electron chi connectivity index (χ0n) is 26.8. The fourth-order valence-electron chi connectivity index (χ4n) is 5.08. The molecular weight excluding hydrogens is 444 g/mol. The Hall–Kier alpha value is -1.56.